The topological polar surface area (TPSA) is 86.7 Å². The van der Waals surface area contributed by atoms with Gasteiger partial charge in [0.1, 0.15) is 6.04 Å². The van der Waals surface area contributed by atoms with Crippen molar-refractivity contribution >= 4 is 23.5 Å². The van der Waals surface area contributed by atoms with Crippen molar-refractivity contribution in [2.75, 3.05) is 11.4 Å². The molecule has 6 nitrogen and oxygen atoms in total. The van der Waals surface area contributed by atoms with Crippen molar-refractivity contribution in [3.63, 3.8) is 0 Å². The van der Waals surface area contributed by atoms with E-state index in [1.165, 1.54) is 11.8 Å². The standard InChI is InChI=1S/C15H15F3N2O4/c1-8(14(23)24)19-13(22)9-5-10(15(16,17)18)7-11(6-9)20-4-2-3-12(20)21/h5-8H,2-4H2,1H3,(H,19,22)(H,23,24)/t8-/m0/s1. The molecular formula is C15H15F3N2O4. The lowest BCUT2D eigenvalue weighted by molar-refractivity contribution is -0.139. The number of carboxylic acids is 1. The number of hydrogen-bond acceptors (Lipinski definition) is 3. The Kier molecular flexibility index (Phi) is 4.81. The first-order valence-electron chi connectivity index (χ1n) is 7.16. The molecule has 1 aliphatic heterocycles. The van der Waals surface area contributed by atoms with Crippen LogP contribution in [0.15, 0.2) is 18.2 Å². The first-order chi connectivity index (χ1) is 11.1. The van der Waals surface area contributed by atoms with E-state index in [9.17, 15) is 27.6 Å². The van der Waals surface area contributed by atoms with Crippen LogP contribution < -0.4 is 10.2 Å². The number of nitrogens with zero attached hydrogens (tertiary/aromatic N) is 1. The number of carboxylic acid groups (broad SMARTS) is 1. The number of amides is 2. The second kappa shape index (κ2) is 6.50. The van der Waals surface area contributed by atoms with Crippen LogP contribution in [-0.4, -0.2) is 35.5 Å². The lowest BCUT2D eigenvalue weighted by Gasteiger charge is -2.19. The van der Waals surface area contributed by atoms with E-state index in [0.717, 1.165) is 12.1 Å². The number of aliphatic carboxylic acids is 1. The maximum atomic E-state index is 13.1. The van der Waals surface area contributed by atoms with Gasteiger partial charge in [-0.05, 0) is 31.5 Å². The third-order valence-corrected chi connectivity index (χ3v) is 3.61. The Morgan fingerprint density at radius 1 is 1.29 bits per heavy atom. The zero-order chi connectivity index (χ0) is 18.1. The van der Waals surface area contributed by atoms with Crippen molar-refractivity contribution in [3.05, 3.63) is 29.3 Å². The summed E-state index contributed by atoms with van der Waals surface area (Å²) in [6.07, 6.45) is -3.95. The molecule has 0 radical (unpaired) electrons. The Balaban J connectivity index is 2.41. The van der Waals surface area contributed by atoms with Gasteiger partial charge in [-0.2, -0.15) is 13.2 Å². The Morgan fingerprint density at radius 3 is 2.46 bits per heavy atom. The molecule has 0 aliphatic carbocycles. The Hall–Kier alpha value is -2.58. The van der Waals surface area contributed by atoms with E-state index in [1.54, 1.807) is 0 Å². The average Bonchev–Trinajstić information content (AvgIpc) is 2.91. The zero-order valence-electron chi connectivity index (χ0n) is 12.7. The van der Waals surface area contributed by atoms with Crippen LogP contribution in [0.3, 0.4) is 0 Å². The lowest BCUT2D eigenvalue weighted by Crippen LogP contribution is -2.38. The molecule has 9 heteroatoms. The number of carbonyl (C=O) groups is 3. The fourth-order valence-corrected chi connectivity index (χ4v) is 2.32. The van der Waals surface area contributed by atoms with Gasteiger partial charge in [0.15, 0.2) is 0 Å². The fourth-order valence-electron chi connectivity index (χ4n) is 2.32. The SMILES string of the molecule is C[C@H](NC(=O)c1cc(N2CCCC2=O)cc(C(F)(F)F)c1)C(=O)O. The monoisotopic (exact) mass is 344 g/mol. The highest BCUT2D eigenvalue weighted by Crippen LogP contribution is 2.34. The van der Waals surface area contributed by atoms with Crippen molar-refractivity contribution in [1.29, 1.82) is 0 Å². The first-order valence-corrected chi connectivity index (χ1v) is 7.16. The Morgan fingerprint density at radius 2 is 1.96 bits per heavy atom. The highest BCUT2D eigenvalue weighted by Gasteiger charge is 2.33. The normalized spacial score (nSPS) is 16.2. The van der Waals surface area contributed by atoms with Gasteiger partial charge < -0.3 is 15.3 Å². The molecule has 1 saturated heterocycles. The van der Waals surface area contributed by atoms with Crippen LogP contribution in [0.1, 0.15) is 35.7 Å². The molecule has 1 aliphatic rings. The molecule has 2 amide bonds. The second-order valence-corrected chi connectivity index (χ2v) is 5.45. The van der Waals surface area contributed by atoms with Crippen LogP contribution in [-0.2, 0) is 15.8 Å². The number of carbonyl (C=O) groups excluding carboxylic acids is 2. The molecule has 0 aromatic heterocycles. The summed E-state index contributed by atoms with van der Waals surface area (Å²) >= 11 is 0. The number of halogens is 3. The minimum atomic E-state index is -4.70. The van der Waals surface area contributed by atoms with Gasteiger partial charge in [0, 0.05) is 24.2 Å². The summed E-state index contributed by atoms with van der Waals surface area (Å²) in [5, 5.41) is 10.9. The Bertz CT molecular complexity index is 688. The first kappa shape index (κ1) is 17.8. The Labute approximate surface area is 135 Å². The molecule has 2 rings (SSSR count). The van der Waals surface area contributed by atoms with Crippen molar-refractivity contribution in [2.24, 2.45) is 0 Å². The highest BCUT2D eigenvalue weighted by molar-refractivity contribution is 6.00. The zero-order valence-corrected chi connectivity index (χ0v) is 12.7. The summed E-state index contributed by atoms with van der Waals surface area (Å²) in [5.41, 5.74) is -1.46. The van der Waals surface area contributed by atoms with E-state index >= 15 is 0 Å². The van der Waals surface area contributed by atoms with Crippen LogP contribution in [0.2, 0.25) is 0 Å². The molecule has 1 aromatic carbocycles. The van der Waals surface area contributed by atoms with Gasteiger partial charge in [-0.3, -0.25) is 14.4 Å². The van der Waals surface area contributed by atoms with E-state index < -0.39 is 29.7 Å². The minimum absolute atomic E-state index is 0.0274. The molecule has 0 saturated carbocycles. The fraction of sp³-hybridized carbons (Fsp3) is 0.400. The van der Waals surface area contributed by atoms with Crippen molar-refractivity contribution in [3.8, 4) is 0 Å². The van der Waals surface area contributed by atoms with E-state index in [-0.39, 0.29) is 30.1 Å². The summed E-state index contributed by atoms with van der Waals surface area (Å²) in [6.45, 7) is 1.46. The van der Waals surface area contributed by atoms with Crippen LogP contribution >= 0.6 is 0 Å². The lowest BCUT2D eigenvalue weighted by atomic mass is 10.1. The summed E-state index contributed by atoms with van der Waals surface area (Å²) in [7, 11) is 0. The number of nitrogens with one attached hydrogen (secondary N) is 1. The van der Waals surface area contributed by atoms with E-state index in [4.69, 9.17) is 5.11 Å². The van der Waals surface area contributed by atoms with Crippen LogP contribution in [0.4, 0.5) is 18.9 Å². The minimum Gasteiger partial charge on any atom is -0.480 e. The molecular weight excluding hydrogens is 329 g/mol. The van der Waals surface area contributed by atoms with Gasteiger partial charge >= 0.3 is 12.1 Å². The molecule has 130 valence electrons. The largest absolute Gasteiger partial charge is 0.480 e. The molecule has 1 heterocycles. The summed E-state index contributed by atoms with van der Waals surface area (Å²) in [5.74, 6) is -2.59. The molecule has 2 N–H and O–H groups in total. The molecule has 0 spiro atoms. The van der Waals surface area contributed by atoms with Crippen molar-refractivity contribution in [1.82, 2.24) is 5.32 Å². The number of hydrogen-bond donors (Lipinski definition) is 2. The third-order valence-electron chi connectivity index (χ3n) is 3.61. The molecule has 1 aromatic rings. The number of alkyl halides is 3. The van der Waals surface area contributed by atoms with Crippen LogP contribution in [0.5, 0.6) is 0 Å². The van der Waals surface area contributed by atoms with Gasteiger partial charge in [-0.15, -0.1) is 0 Å². The number of rotatable bonds is 4. The van der Waals surface area contributed by atoms with Gasteiger partial charge in [0.2, 0.25) is 5.91 Å². The van der Waals surface area contributed by atoms with E-state index in [2.05, 4.69) is 5.32 Å². The maximum Gasteiger partial charge on any atom is 0.416 e. The molecule has 24 heavy (non-hydrogen) atoms. The average molecular weight is 344 g/mol. The number of benzene rings is 1. The van der Waals surface area contributed by atoms with Gasteiger partial charge in [-0.25, -0.2) is 0 Å². The summed E-state index contributed by atoms with van der Waals surface area (Å²) in [4.78, 5) is 35.7. The quantitative estimate of drug-likeness (QED) is 0.875. The number of anilines is 1. The van der Waals surface area contributed by atoms with E-state index in [0.29, 0.717) is 12.5 Å². The van der Waals surface area contributed by atoms with Crippen LogP contribution in [0, 0.1) is 0 Å². The van der Waals surface area contributed by atoms with Crippen molar-refractivity contribution in [2.45, 2.75) is 32.0 Å². The smallest absolute Gasteiger partial charge is 0.416 e. The summed E-state index contributed by atoms with van der Waals surface area (Å²) in [6, 6.07) is 1.33. The second-order valence-electron chi connectivity index (χ2n) is 5.45. The summed E-state index contributed by atoms with van der Waals surface area (Å²) < 4.78 is 39.2. The highest BCUT2D eigenvalue weighted by atomic mass is 19.4. The molecule has 0 unspecified atom stereocenters. The maximum absolute atomic E-state index is 13.1. The molecule has 1 fully saturated rings. The predicted octanol–water partition coefficient (Wildman–Crippen LogP) is 2.04. The third kappa shape index (κ3) is 3.84. The van der Waals surface area contributed by atoms with E-state index in [1.807, 2.05) is 0 Å². The van der Waals surface area contributed by atoms with Gasteiger partial charge in [0.25, 0.3) is 5.91 Å². The van der Waals surface area contributed by atoms with Crippen LogP contribution in [0.25, 0.3) is 0 Å². The van der Waals surface area contributed by atoms with Gasteiger partial charge in [-0.1, -0.05) is 0 Å². The predicted molar refractivity (Wildman–Crippen MR) is 77.6 cm³/mol. The van der Waals surface area contributed by atoms with Crippen molar-refractivity contribution < 1.29 is 32.7 Å². The molecule has 0 bridgehead atoms. The molecule has 1 atom stereocenters. The van der Waals surface area contributed by atoms with Gasteiger partial charge in [0.05, 0.1) is 5.56 Å².